The zero-order chi connectivity index (χ0) is 16.2. The van der Waals surface area contributed by atoms with Gasteiger partial charge in [-0.1, -0.05) is 24.3 Å². The van der Waals surface area contributed by atoms with Crippen LogP contribution in [0.15, 0.2) is 59.5 Å². The number of fused-ring (bicyclic) bond motifs is 1. The maximum absolute atomic E-state index is 12.8. The fourth-order valence-electron chi connectivity index (χ4n) is 2.28. The van der Waals surface area contributed by atoms with Gasteiger partial charge in [0.2, 0.25) is 5.91 Å². The first-order valence-electron chi connectivity index (χ1n) is 7.09. The van der Waals surface area contributed by atoms with Gasteiger partial charge in [-0.25, -0.2) is 9.37 Å². The zero-order valence-electron chi connectivity index (χ0n) is 12.2. The van der Waals surface area contributed by atoms with Crippen LogP contribution in [0.25, 0.3) is 11.0 Å². The van der Waals surface area contributed by atoms with Crippen LogP contribution in [0.2, 0.25) is 0 Å². The van der Waals surface area contributed by atoms with Gasteiger partial charge in [-0.2, -0.15) is 0 Å². The molecule has 0 aliphatic rings. The molecule has 0 unspecified atom stereocenters. The Bertz CT molecular complexity index is 904. The standard InChI is InChI=1S/C17H14FN3O2/c18-13-7-5-12(6-8-13)9-20-16(22)11-21-15-4-2-1-3-14(15)19-10-17(21)23/h1-8,10H,9,11H2,(H,20,22). The van der Waals surface area contributed by atoms with Crippen LogP contribution < -0.4 is 10.9 Å². The lowest BCUT2D eigenvalue weighted by molar-refractivity contribution is -0.121. The number of amides is 1. The van der Waals surface area contributed by atoms with Crippen LogP contribution in [0, 0.1) is 5.82 Å². The second-order valence-electron chi connectivity index (χ2n) is 5.07. The number of hydrogen-bond acceptors (Lipinski definition) is 3. The van der Waals surface area contributed by atoms with Gasteiger partial charge in [0, 0.05) is 6.54 Å². The summed E-state index contributed by atoms with van der Waals surface area (Å²) in [6.45, 7) is 0.180. The van der Waals surface area contributed by atoms with Crippen LogP contribution >= 0.6 is 0 Å². The van der Waals surface area contributed by atoms with E-state index < -0.39 is 0 Å². The summed E-state index contributed by atoms with van der Waals surface area (Å²) >= 11 is 0. The Balaban J connectivity index is 1.74. The molecule has 0 spiro atoms. The van der Waals surface area contributed by atoms with E-state index in [0.29, 0.717) is 11.0 Å². The van der Waals surface area contributed by atoms with Gasteiger partial charge in [0.1, 0.15) is 12.4 Å². The summed E-state index contributed by atoms with van der Waals surface area (Å²) in [5.74, 6) is -0.623. The van der Waals surface area contributed by atoms with Crippen LogP contribution in [-0.2, 0) is 17.9 Å². The second-order valence-corrected chi connectivity index (χ2v) is 5.07. The molecule has 1 N–H and O–H groups in total. The molecule has 3 aromatic rings. The van der Waals surface area contributed by atoms with Gasteiger partial charge in [0.15, 0.2) is 0 Å². The lowest BCUT2D eigenvalue weighted by Gasteiger charge is -2.10. The van der Waals surface area contributed by atoms with Gasteiger partial charge in [-0.05, 0) is 29.8 Å². The number of rotatable bonds is 4. The average molecular weight is 311 g/mol. The molecule has 6 heteroatoms. The predicted molar refractivity (Wildman–Crippen MR) is 84.2 cm³/mol. The lowest BCUT2D eigenvalue weighted by Crippen LogP contribution is -2.32. The Labute approximate surface area is 131 Å². The predicted octanol–water partition coefficient (Wildman–Crippen LogP) is 1.85. The molecule has 0 aliphatic carbocycles. The molecule has 0 aliphatic heterocycles. The van der Waals surface area contributed by atoms with Crippen molar-refractivity contribution in [1.29, 1.82) is 0 Å². The van der Waals surface area contributed by atoms with E-state index in [1.54, 1.807) is 30.3 Å². The van der Waals surface area contributed by atoms with Crippen molar-refractivity contribution in [3.05, 3.63) is 76.5 Å². The van der Waals surface area contributed by atoms with Gasteiger partial charge in [0.25, 0.3) is 5.56 Å². The molecular formula is C17H14FN3O2. The highest BCUT2D eigenvalue weighted by Gasteiger charge is 2.08. The van der Waals surface area contributed by atoms with Gasteiger partial charge in [-0.15, -0.1) is 0 Å². The van der Waals surface area contributed by atoms with Gasteiger partial charge in [0.05, 0.1) is 17.2 Å². The summed E-state index contributed by atoms with van der Waals surface area (Å²) in [6.07, 6.45) is 1.20. The summed E-state index contributed by atoms with van der Waals surface area (Å²) in [7, 11) is 0. The minimum Gasteiger partial charge on any atom is -0.350 e. The minimum atomic E-state index is -0.333. The Morgan fingerprint density at radius 1 is 1.13 bits per heavy atom. The number of carbonyl (C=O) groups is 1. The summed E-state index contributed by atoms with van der Waals surface area (Å²) in [5.41, 5.74) is 1.71. The monoisotopic (exact) mass is 311 g/mol. The molecule has 0 fully saturated rings. The van der Waals surface area contributed by atoms with E-state index >= 15 is 0 Å². The first kappa shape index (κ1) is 14.9. The Morgan fingerprint density at radius 3 is 2.65 bits per heavy atom. The first-order valence-corrected chi connectivity index (χ1v) is 7.09. The van der Waals surface area contributed by atoms with Gasteiger partial charge >= 0.3 is 0 Å². The van der Waals surface area contributed by atoms with Crippen molar-refractivity contribution in [2.24, 2.45) is 0 Å². The van der Waals surface area contributed by atoms with E-state index in [9.17, 15) is 14.0 Å². The van der Waals surface area contributed by atoms with E-state index in [0.717, 1.165) is 5.56 Å². The molecule has 2 aromatic carbocycles. The summed E-state index contributed by atoms with van der Waals surface area (Å²) in [5, 5.41) is 2.72. The van der Waals surface area contributed by atoms with Crippen LogP contribution in [0.4, 0.5) is 4.39 Å². The molecule has 0 atom stereocenters. The highest BCUT2D eigenvalue weighted by molar-refractivity contribution is 5.79. The molecule has 0 bridgehead atoms. The van der Waals surface area contributed by atoms with Crippen molar-refractivity contribution in [2.45, 2.75) is 13.1 Å². The third-order valence-corrected chi connectivity index (χ3v) is 3.46. The lowest BCUT2D eigenvalue weighted by atomic mass is 10.2. The van der Waals surface area contributed by atoms with E-state index in [-0.39, 0.29) is 30.4 Å². The highest BCUT2D eigenvalue weighted by Crippen LogP contribution is 2.08. The van der Waals surface area contributed by atoms with E-state index in [4.69, 9.17) is 0 Å². The molecular weight excluding hydrogens is 297 g/mol. The van der Waals surface area contributed by atoms with Gasteiger partial charge < -0.3 is 5.32 Å². The van der Waals surface area contributed by atoms with Crippen LogP contribution in [-0.4, -0.2) is 15.5 Å². The molecule has 5 nitrogen and oxygen atoms in total. The number of benzene rings is 2. The number of hydrogen-bond donors (Lipinski definition) is 1. The van der Waals surface area contributed by atoms with Crippen molar-refractivity contribution in [2.75, 3.05) is 0 Å². The number of nitrogens with one attached hydrogen (secondary N) is 1. The largest absolute Gasteiger partial charge is 0.350 e. The van der Waals surface area contributed by atoms with Crippen LogP contribution in [0.3, 0.4) is 0 Å². The molecule has 1 aromatic heterocycles. The summed E-state index contributed by atoms with van der Waals surface area (Å²) < 4.78 is 14.2. The molecule has 1 amide bonds. The molecule has 3 rings (SSSR count). The van der Waals surface area contributed by atoms with Crippen LogP contribution in [0.5, 0.6) is 0 Å². The van der Waals surface area contributed by atoms with Crippen molar-refractivity contribution in [1.82, 2.24) is 14.9 Å². The molecule has 1 heterocycles. The van der Waals surface area contributed by atoms with Crippen molar-refractivity contribution in [3.63, 3.8) is 0 Å². The summed E-state index contributed by atoms with van der Waals surface area (Å²) in [6, 6.07) is 13.0. The third-order valence-electron chi connectivity index (χ3n) is 3.46. The second kappa shape index (κ2) is 6.39. The maximum atomic E-state index is 12.8. The van der Waals surface area contributed by atoms with E-state index in [2.05, 4.69) is 10.3 Å². The Morgan fingerprint density at radius 2 is 1.87 bits per heavy atom. The van der Waals surface area contributed by atoms with Crippen molar-refractivity contribution in [3.8, 4) is 0 Å². The average Bonchev–Trinajstić information content (AvgIpc) is 2.57. The first-order chi connectivity index (χ1) is 11.1. The zero-order valence-corrected chi connectivity index (χ0v) is 12.2. The highest BCUT2D eigenvalue weighted by atomic mass is 19.1. The number of para-hydroxylation sites is 2. The van der Waals surface area contributed by atoms with Gasteiger partial charge in [-0.3, -0.25) is 14.2 Å². The van der Waals surface area contributed by atoms with Crippen LogP contribution in [0.1, 0.15) is 5.56 Å². The number of aromatic nitrogens is 2. The molecule has 0 saturated carbocycles. The quantitative estimate of drug-likeness (QED) is 0.800. The normalized spacial score (nSPS) is 10.7. The smallest absolute Gasteiger partial charge is 0.269 e. The molecule has 116 valence electrons. The fourth-order valence-corrected chi connectivity index (χ4v) is 2.28. The van der Waals surface area contributed by atoms with Crippen molar-refractivity contribution < 1.29 is 9.18 Å². The molecule has 0 radical (unpaired) electrons. The third kappa shape index (κ3) is 3.42. The van der Waals surface area contributed by atoms with E-state index in [1.807, 2.05) is 6.07 Å². The molecule has 23 heavy (non-hydrogen) atoms. The summed E-state index contributed by atoms with van der Waals surface area (Å²) in [4.78, 5) is 28.1. The Kier molecular flexibility index (Phi) is 4.14. The minimum absolute atomic E-state index is 0.0942. The molecule has 0 saturated heterocycles. The number of halogens is 1. The van der Waals surface area contributed by atoms with Crippen molar-refractivity contribution >= 4 is 16.9 Å². The van der Waals surface area contributed by atoms with E-state index in [1.165, 1.54) is 22.9 Å². The topological polar surface area (TPSA) is 64.0 Å². The number of carbonyl (C=O) groups excluding carboxylic acids is 1. The maximum Gasteiger partial charge on any atom is 0.269 e. The fraction of sp³-hybridized carbons (Fsp3) is 0.118. The number of nitrogens with zero attached hydrogens (tertiary/aromatic N) is 2. The SMILES string of the molecule is O=C(Cn1c(=O)cnc2ccccc21)NCc1ccc(F)cc1. The Hall–Kier alpha value is -3.02.